The van der Waals surface area contributed by atoms with E-state index < -0.39 is 97.5 Å². The summed E-state index contributed by atoms with van der Waals surface area (Å²) in [5.74, 6) is -1.38. The summed E-state index contributed by atoms with van der Waals surface area (Å²) in [6.07, 6.45) is 58.2. The molecule has 19 heteroatoms. The largest absolute Gasteiger partial charge is 0.472 e. The molecule has 0 aliphatic heterocycles. The number of rotatable bonds is 76. The Hall–Kier alpha value is -1.94. The smallest absolute Gasteiger partial charge is 0.462 e. The van der Waals surface area contributed by atoms with Crippen molar-refractivity contribution in [3.8, 4) is 0 Å². The lowest BCUT2D eigenvalue weighted by Crippen LogP contribution is -2.30. The van der Waals surface area contributed by atoms with Gasteiger partial charge in [0.1, 0.15) is 19.3 Å². The fraction of sp³-hybridized carbons (Fsp3) is 0.947. The number of esters is 4. The van der Waals surface area contributed by atoms with E-state index >= 15 is 0 Å². The molecule has 0 saturated heterocycles. The second-order valence-corrected chi connectivity index (χ2v) is 30.5. The molecule has 3 N–H and O–H groups in total. The molecular formula is C76H148O17P2. The van der Waals surface area contributed by atoms with Crippen LogP contribution in [0.2, 0.25) is 0 Å². The van der Waals surface area contributed by atoms with Crippen LogP contribution in [-0.4, -0.2) is 96.7 Å². The molecule has 0 spiro atoms. The summed E-state index contributed by atoms with van der Waals surface area (Å²) in [6.45, 7) is 7.26. The van der Waals surface area contributed by atoms with Gasteiger partial charge >= 0.3 is 39.5 Å². The molecule has 0 fully saturated rings. The van der Waals surface area contributed by atoms with Crippen molar-refractivity contribution in [2.45, 2.75) is 419 Å². The maximum absolute atomic E-state index is 13.1. The van der Waals surface area contributed by atoms with E-state index in [1.54, 1.807) is 0 Å². The standard InChI is InChI=1S/C76H148O17P2/c1-6-10-13-16-19-22-25-28-29-30-31-32-33-36-39-42-45-52-57-62-75(80)92-71(65-86-73(78)59-54-49-43-40-37-34-26-23-20-17-14-11-7-2)67-90-94(82,83)88-63-70(77)64-89-95(84,85)91-68-72(66-87-74(79)60-55-50-47-46-48-53-58-69(5)9-4)93-76(81)61-56-51-44-41-38-35-27-24-21-18-15-12-8-3/h69-72,77H,6-68H2,1-5H3,(H,82,83)(H,84,85)/t69?,70-,71-,72-/m1/s1. The Labute approximate surface area is 581 Å². The van der Waals surface area contributed by atoms with Crippen molar-refractivity contribution in [3.05, 3.63) is 0 Å². The van der Waals surface area contributed by atoms with E-state index in [4.69, 9.17) is 37.0 Å². The normalized spacial score (nSPS) is 14.2. The van der Waals surface area contributed by atoms with Crippen molar-refractivity contribution in [1.29, 1.82) is 0 Å². The summed E-state index contributed by atoms with van der Waals surface area (Å²) in [6, 6.07) is 0. The molecule has 0 saturated carbocycles. The molecular weight excluding hydrogens is 1250 g/mol. The Bertz CT molecular complexity index is 1820. The lowest BCUT2D eigenvalue weighted by Gasteiger charge is -2.21. The van der Waals surface area contributed by atoms with Crippen LogP contribution >= 0.6 is 15.6 Å². The average Bonchev–Trinajstić information content (AvgIpc) is 1.43. The number of aliphatic hydroxyl groups is 1. The van der Waals surface area contributed by atoms with E-state index in [-0.39, 0.29) is 25.7 Å². The predicted octanol–water partition coefficient (Wildman–Crippen LogP) is 22.5. The van der Waals surface area contributed by atoms with Crippen molar-refractivity contribution in [2.24, 2.45) is 5.92 Å². The van der Waals surface area contributed by atoms with E-state index in [0.29, 0.717) is 25.7 Å². The van der Waals surface area contributed by atoms with E-state index in [0.717, 1.165) is 102 Å². The van der Waals surface area contributed by atoms with Gasteiger partial charge in [0.2, 0.25) is 0 Å². The highest BCUT2D eigenvalue weighted by molar-refractivity contribution is 7.47. The van der Waals surface area contributed by atoms with Gasteiger partial charge in [-0.05, 0) is 31.6 Å². The van der Waals surface area contributed by atoms with Gasteiger partial charge in [0.15, 0.2) is 12.2 Å². The molecule has 0 aromatic rings. The summed E-state index contributed by atoms with van der Waals surface area (Å²) in [7, 11) is -9.91. The monoisotopic (exact) mass is 1400 g/mol. The highest BCUT2D eigenvalue weighted by Crippen LogP contribution is 2.45. The molecule has 0 aromatic heterocycles. The first kappa shape index (κ1) is 93.1. The summed E-state index contributed by atoms with van der Waals surface area (Å²) < 4.78 is 68.5. The van der Waals surface area contributed by atoms with Crippen LogP contribution in [0.3, 0.4) is 0 Å². The molecule has 6 atom stereocenters. The second kappa shape index (κ2) is 69.2. The van der Waals surface area contributed by atoms with E-state index in [1.807, 2.05) is 0 Å². The third kappa shape index (κ3) is 69.0. The summed E-state index contributed by atoms with van der Waals surface area (Å²) in [5, 5.41) is 10.6. The van der Waals surface area contributed by atoms with Crippen molar-refractivity contribution >= 4 is 39.5 Å². The zero-order chi connectivity index (χ0) is 69.8. The highest BCUT2D eigenvalue weighted by atomic mass is 31.2. The molecule has 564 valence electrons. The van der Waals surface area contributed by atoms with Gasteiger partial charge in [0.05, 0.1) is 26.4 Å². The van der Waals surface area contributed by atoms with Gasteiger partial charge in [-0.1, -0.05) is 349 Å². The van der Waals surface area contributed by atoms with Crippen LogP contribution in [0.1, 0.15) is 401 Å². The van der Waals surface area contributed by atoms with Crippen molar-refractivity contribution in [1.82, 2.24) is 0 Å². The lowest BCUT2D eigenvalue weighted by atomic mass is 10.00. The van der Waals surface area contributed by atoms with E-state index in [2.05, 4.69) is 34.6 Å². The first-order valence-electron chi connectivity index (χ1n) is 39.7. The van der Waals surface area contributed by atoms with Crippen LogP contribution in [0.4, 0.5) is 0 Å². The number of aliphatic hydroxyl groups excluding tert-OH is 1. The molecule has 0 aromatic carbocycles. The number of phosphoric acid groups is 2. The number of hydrogen-bond donors (Lipinski definition) is 3. The minimum atomic E-state index is -4.96. The van der Waals surface area contributed by atoms with Crippen molar-refractivity contribution in [3.63, 3.8) is 0 Å². The zero-order valence-corrected chi connectivity index (χ0v) is 63.6. The maximum Gasteiger partial charge on any atom is 0.472 e. The van der Waals surface area contributed by atoms with Gasteiger partial charge < -0.3 is 33.8 Å². The quantitative estimate of drug-likeness (QED) is 0.0222. The van der Waals surface area contributed by atoms with Crippen LogP contribution in [0, 0.1) is 5.92 Å². The van der Waals surface area contributed by atoms with Crippen molar-refractivity contribution < 1.29 is 80.2 Å². The Morgan fingerprint density at radius 3 is 0.747 bits per heavy atom. The topological polar surface area (TPSA) is 237 Å². The zero-order valence-electron chi connectivity index (χ0n) is 61.8. The van der Waals surface area contributed by atoms with Crippen LogP contribution in [0.15, 0.2) is 0 Å². The molecule has 0 heterocycles. The summed E-state index contributed by atoms with van der Waals surface area (Å²) in [4.78, 5) is 72.8. The van der Waals surface area contributed by atoms with Gasteiger partial charge in [0.25, 0.3) is 0 Å². The average molecular weight is 1400 g/mol. The lowest BCUT2D eigenvalue weighted by molar-refractivity contribution is -0.161. The van der Waals surface area contributed by atoms with E-state index in [1.165, 1.54) is 218 Å². The minimum absolute atomic E-state index is 0.107. The Morgan fingerprint density at radius 2 is 0.505 bits per heavy atom. The van der Waals surface area contributed by atoms with Crippen LogP contribution < -0.4 is 0 Å². The van der Waals surface area contributed by atoms with Gasteiger partial charge in [-0.25, -0.2) is 9.13 Å². The molecule has 0 aliphatic carbocycles. The third-order valence-corrected chi connectivity index (χ3v) is 20.0. The molecule has 0 aliphatic rings. The number of ether oxygens (including phenoxy) is 4. The number of hydrogen-bond acceptors (Lipinski definition) is 15. The van der Waals surface area contributed by atoms with Crippen LogP contribution in [-0.2, 0) is 65.4 Å². The summed E-state index contributed by atoms with van der Waals surface area (Å²) >= 11 is 0. The van der Waals surface area contributed by atoms with Gasteiger partial charge in [-0.15, -0.1) is 0 Å². The van der Waals surface area contributed by atoms with Crippen molar-refractivity contribution in [2.75, 3.05) is 39.6 Å². The Morgan fingerprint density at radius 1 is 0.295 bits per heavy atom. The fourth-order valence-corrected chi connectivity index (χ4v) is 13.3. The van der Waals surface area contributed by atoms with Gasteiger partial charge in [-0.2, -0.15) is 0 Å². The Balaban J connectivity index is 5.23. The molecule has 0 radical (unpaired) electrons. The molecule has 0 rings (SSSR count). The molecule has 17 nitrogen and oxygen atoms in total. The highest BCUT2D eigenvalue weighted by Gasteiger charge is 2.30. The Kier molecular flexibility index (Phi) is 67.7. The minimum Gasteiger partial charge on any atom is -0.462 e. The molecule has 3 unspecified atom stereocenters. The second-order valence-electron chi connectivity index (χ2n) is 27.6. The van der Waals surface area contributed by atoms with Crippen LogP contribution in [0.5, 0.6) is 0 Å². The number of carbonyl (C=O) groups is 4. The fourth-order valence-electron chi connectivity index (χ4n) is 11.7. The number of phosphoric ester groups is 2. The molecule has 95 heavy (non-hydrogen) atoms. The third-order valence-electron chi connectivity index (χ3n) is 18.1. The molecule has 0 bridgehead atoms. The number of carbonyl (C=O) groups excluding carboxylic acids is 4. The SMILES string of the molecule is CCCCCCCCCCCCCCCCCCCCCC(=O)O[C@H](COC(=O)CCCCCCCCCCCCCCC)COP(=O)(O)OC[C@@H](O)COP(=O)(O)OC[C@@H](COC(=O)CCCCCCCCC(C)CC)OC(=O)CCCCCCCCCCCCCCC. The van der Waals surface area contributed by atoms with E-state index in [9.17, 15) is 43.2 Å². The summed E-state index contributed by atoms with van der Waals surface area (Å²) in [5.41, 5.74) is 0. The first-order valence-corrected chi connectivity index (χ1v) is 42.7. The first-order chi connectivity index (χ1) is 46.1. The van der Waals surface area contributed by atoms with Gasteiger partial charge in [0, 0.05) is 25.7 Å². The molecule has 0 amide bonds. The number of unbranched alkanes of at least 4 members (excludes halogenated alkanes) is 47. The van der Waals surface area contributed by atoms with Crippen LogP contribution in [0.25, 0.3) is 0 Å². The predicted molar refractivity (Wildman–Crippen MR) is 386 cm³/mol. The van der Waals surface area contributed by atoms with Gasteiger partial charge in [-0.3, -0.25) is 37.3 Å². The maximum atomic E-state index is 13.1.